The highest BCUT2D eigenvalue weighted by atomic mass is 16.5. The fraction of sp³-hybridized carbons (Fsp3) is 0.231. The fourth-order valence-corrected chi connectivity index (χ4v) is 4.19. The minimum atomic E-state index is -0.733. The van der Waals surface area contributed by atoms with Gasteiger partial charge in [-0.1, -0.05) is 42.5 Å². The Labute approximate surface area is 192 Å². The number of methoxy groups -OCH3 is 2. The largest absolute Gasteiger partial charge is 0.497 e. The molecule has 7 heteroatoms. The summed E-state index contributed by atoms with van der Waals surface area (Å²) in [6.45, 7) is 2.35. The van der Waals surface area contributed by atoms with Gasteiger partial charge in [-0.15, -0.1) is 0 Å². The Morgan fingerprint density at radius 1 is 1.09 bits per heavy atom. The number of hydrogen-bond acceptors (Lipinski definition) is 6. The van der Waals surface area contributed by atoms with Crippen LogP contribution in [0.3, 0.4) is 0 Å². The van der Waals surface area contributed by atoms with Crippen molar-refractivity contribution in [2.24, 2.45) is 5.73 Å². The second kappa shape index (κ2) is 9.24. The maximum absolute atomic E-state index is 13.8. The quantitative estimate of drug-likeness (QED) is 0.584. The third-order valence-electron chi connectivity index (χ3n) is 5.89. The van der Waals surface area contributed by atoms with Gasteiger partial charge in [-0.25, -0.2) is 4.79 Å². The summed E-state index contributed by atoms with van der Waals surface area (Å²) in [7, 11) is 2.85. The van der Waals surface area contributed by atoms with E-state index in [1.54, 1.807) is 29.9 Å². The van der Waals surface area contributed by atoms with Crippen molar-refractivity contribution in [2.75, 3.05) is 14.2 Å². The molecule has 0 saturated heterocycles. The van der Waals surface area contributed by atoms with Gasteiger partial charge in [0.1, 0.15) is 17.1 Å². The summed E-state index contributed by atoms with van der Waals surface area (Å²) >= 11 is 0. The van der Waals surface area contributed by atoms with Gasteiger partial charge >= 0.3 is 5.97 Å². The van der Waals surface area contributed by atoms with Gasteiger partial charge in [0, 0.05) is 18.3 Å². The van der Waals surface area contributed by atoms with Crippen LogP contribution in [0.1, 0.15) is 28.3 Å². The molecular weight excluding hydrogens is 420 g/mol. The number of aromatic nitrogens is 1. The van der Waals surface area contributed by atoms with Crippen LogP contribution in [-0.4, -0.2) is 24.8 Å². The number of hydrogen-bond donors (Lipinski definition) is 1. The molecule has 3 aromatic rings. The van der Waals surface area contributed by atoms with Crippen LogP contribution in [0, 0.1) is 6.92 Å². The van der Waals surface area contributed by atoms with Crippen LogP contribution in [0.4, 0.5) is 0 Å². The van der Waals surface area contributed by atoms with Crippen LogP contribution >= 0.6 is 0 Å². The van der Waals surface area contributed by atoms with Crippen molar-refractivity contribution in [1.29, 1.82) is 0 Å². The summed E-state index contributed by atoms with van der Waals surface area (Å²) in [4.78, 5) is 26.5. The molecule has 2 heterocycles. The van der Waals surface area contributed by atoms with E-state index in [0.717, 1.165) is 11.3 Å². The average Bonchev–Trinajstić information content (AvgIpc) is 2.83. The number of fused-ring (bicyclic) bond motifs is 1. The van der Waals surface area contributed by atoms with E-state index in [9.17, 15) is 9.59 Å². The SMILES string of the molecule is COC(=O)C1=C(N)Oc2cc(C)n(CCc3ccccc3)c(=O)c2[C@H]1c1ccc(OC)cc1. The summed E-state index contributed by atoms with van der Waals surface area (Å²) in [6.07, 6.45) is 0.691. The second-order valence-corrected chi connectivity index (χ2v) is 7.83. The van der Waals surface area contributed by atoms with E-state index in [1.807, 2.05) is 49.4 Å². The van der Waals surface area contributed by atoms with Crippen molar-refractivity contribution in [3.63, 3.8) is 0 Å². The van der Waals surface area contributed by atoms with Crippen molar-refractivity contribution in [3.05, 3.63) is 105 Å². The molecular formula is C26H26N2O5. The molecule has 4 rings (SSSR count). The van der Waals surface area contributed by atoms with E-state index in [1.165, 1.54) is 7.11 Å². The van der Waals surface area contributed by atoms with Crippen molar-refractivity contribution in [1.82, 2.24) is 4.57 Å². The molecule has 0 spiro atoms. The zero-order valence-corrected chi connectivity index (χ0v) is 18.8. The van der Waals surface area contributed by atoms with Crippen LogP contribution < -0.4 is 20.8 Å². The number of nitrogens with zero attached hydrogens (tertiary/aromatic N) is 1. The Morgan fingerprint density at radius 2 is 1.79 bits per heavy atom. The lowest BCUT2D eigenvalue weighted by Crippen LogP contribution is -2.35. The predicted molar refractivity (Wildman–Crippen MR) is 124 cm³/mol. The Bertz CT molecular complexity index is 1260. The monoisotopic (exact) mass is 446 g/mol. The summed E-state index contributed by atoms with van der Waals surface area (Å²) in [5.74, 6) is -0.444. The number of rotatable bonds is 6. The maximum Gasteiger partial charge on any atom is 0.340 e. The smallest absolute Gasteiger partial charge is 0.340 e. The van der Waals surface area contributed by atoms with E-state index >= 15 is 0 Å². The minimum absolute atomic E-state index is 0.0731. The molecule has 170 valence electrons. The molecule has 2 aromatic carbocycles. The van der Waals surface area contributed by atoms with Crippen molar-refractivity contribution in [3.8, 4) is 11.5 Å². The molecule has 0 radical (unpaired) electrons. The highest BCUT2D eigenvalue weighted by Crippen LogP contribution is 2.41. The molecule has 0 fully saturated rings. The highest BCUT2D eigenvalue weighted by molar-refractivity contribution is 5.92. The average molecular weight is 447 g/mol. The molecule has 0 aliphatic carbocycles. The van der Waals surface area contributed by atoms with E-state index in [2.05, 4.69) is 0 Å². The number of aryl methyl sites for hydroxylation is 2. The Balaban J connectivity index is 1.85. The molecule has 0 amide bonds. The molecule has 1 atom stereocenters. The number of carbonyl (C=O) groups excluding carboxylic acids is 1. The molecule has 7 nitrogen and oxygen atoms in total. The lowest BCUT2D eigenvalue weighted by molar-refractivity contribution is -0.136. The summed E-state index contributed by atoms with van der Waals surface area (Å²) < 4.78 is 17.7. The first kappa shape index (κ1) is 22.2. The van der Waals surface area contributed by atoms with Gasteiger partial charge in [-0.05, 0) is 36.6 Å². The normalized spacial score (nSPS) is 14.9. The number of esters is 1. The third kappa shape index (κ3) is 4.22. The molecule has 33 heavy (non-hydrogen) atoms. The van der Waals surface area contributed by atoms with Gasteiger partial charge < -0.3 is 24.5 Å². The topological polar surface area (TPSA) is 92.8 Å². The van der Waals surface area contributed by atoms with Gasteiger partial charge in [0.25, 0.3) is 5.56 Å². The molecule has 0 unspecified atom stereocenters. The first-order chi connectivity index (χ1) is 15.9. The van der Waals surface area contributed by atoms with Gasteiger partial charge in [-0.2, -0.15) is 0 Å². The molecule has 2 N–H and O–H groups in total. The maximum atomic E-state index is 13.8. The van der Waals surface area contributed by atoms with Crippen LogP contribution in [0.15, 0.2) is 76.9 Å². The van der Waals surface area contributed by atoms with E-state index in [-0.39, 0.29) is 17.0 Å². The van der Waals surface area contributed by atoms with Crippen molar-refractivity contribution < 1.29 is 19.0 Å². The van der Waals surface area contributed by atoms with E-state index in [4.69, 9.17) is 19.9 Å². The van der Waals surface area contributed by atoms with Crippen LogP contribution in [0.5, 0.6) is 11.5 Å². The highest BCUT2D eigenvalue weighted by Gasteiger charge is 2.38. The van der Waals surface area contributed by atoms with Crippen LogP contribution in [0.2, 0.25) is 0 Å². The number of carbonyl (C=O) groups is 1. The van der Waals surface area contributed by atoms with Crippen LogP contribution in [-0.2, 0) is 22.5 Å². The van der Waals surface area contributed by atoms with E-state index in [0.29, 0.717) is 35.6 Å². The number of pyridine rings is 1. The molecule has 0 saturated carbocycles. The predicted octanol–water partition coefficient (Wildman–Crippen LogP) is 3.28. The molecule has 1 aliphatic heterocycles. The Kier molecular flexibility index (Phi) is 6.22. The number of nitrogens with two attached hydrogens (primary N) is 1. The first-order valence-corrected chi connectivity index (χ1v) is 10.6. The van der Waals surface area contributed by atoms with Crippen molar-refractivity contribution >= 4 is 5.97 Å². The van der Waals surface area contributed by atoms with Crippen molar-refractivity contribution in [2.45, 2.75) is 25.8 Å². The van der Waals surface area contributed by atoms with Crippen LogP contribution in [0.25, 0.3) is 0 Å². The number of ether oxygens (including phenoxy) is 3. The lowest BCUT2D eigenvalue weighted by Gasteiger charge is -2.29. The molecule has 1 aromatic heterocycles. The zero-order chi connectivity index (χ0) is 23.5. The summed E-state index contributed by atoms with van der Waals surface area (Å²) in [5, 5.41) is 0. The van der Waals surface area contributed by atoms with Gasteiger partial charge in [-0.3, -0.25) is 4.79 Å². The van der Waals surface area contributed by atoms with Gasteiger partial charge in [0.05, 0.1) is 25.7 Å². The molecule has 1 aliphatic rings. The second-order valence-electron chi connectivity index (χ2n) is 7.83. The summed E-state index contributed by atoms with van der Waals surface area (Å²) in [6, 6.07) is 18.9. The third-order valence-corrected chi connectivity index (χ3v) is 5.89. The summed E-state index contributed by atoms with van der Waals surface area (Å²) in [5.41, 5.74) is 8.97. The van der Waals surface area contributed by atoms with E-state index < -0.39 is 11.9 Å². The van der Waals surface area contributed by atoms with Gasteiger partial charge in [0.2, 0.25) is 5.88 Å². The number of benzene rings is 2. The minimum Gasteiger partial charge on any atom is -0.497 e. The fourth-order valence-electron chi connectivity index (χ4n) is 4.19. The standard InChI is InChI=1S/C26H26N2O5/c1-16-15-20-22(25(29)28(16)14-13-17-7-5-4-6-8-17)21(18-9-11-19(31-2)12-10-18)23(24(27)33-20)26(30)32-3/h4-12,15,21H,13-14,27H2,1-3H3/t21-/m1/s1. The Hall–Kier alpha value is -4.00. The first-order valence-electron chi connectivity index (χ1n) is 10.6. The Morgan fingerprint density at radius 3 is 2.42 bits per heavy atom. The van der Waals surface area contributed by atoms with Gasteiger partial charge in [0.15, 0.2) is 0 Å². The zero-order valence-electron chi connectivity index (χ0n) is 18.8. The lowest BCUT2D eigenvalue weighted by atomic mass is 9.83. The molecule has 0 bridgehead atoms.